The number of aromatic nitrogens is 3. The van der Waals surface area contributed by atoms with E-state index in [1.165, 1.54) is 5.56 Å². The minimum Gasteiger partial charge on any atom is -0.312 e. The van der Waals surface area contributed by atoms with Crippen LogP contribution in [0.4, 0.5) is 0 Å². The predicted octanol–water partition coefficient (Wildman–Crippen LogP) is 3.47. The van der Waals surface area contributed by atoms with E-state index in [0.717, 1.165) is 27.6 Å². The molecule has 0 saturated carbocycles. The topological polar surface area (TPSA) is 42.7 Å². The summed E-state index contributed by atoms with van der Waals surface area (Å²) in [6.07, 6.45) is 1.71. The summed E-state index contributed by atoms with van der Waals surface area (Å²) < 4.78 is 3.00. The van der Waals surface area contributed by atoms with Gasteiger partial charge in [0.1, 0.15) is 6.33 Å². The van der Waals surface area contributed by atoms with Gasteiger partial charge >= 0.3 is 0 Å². The lowest BCUT2D eigenvalue weighted by Gasteiger charge is -2.09. The Bertz CT molecular complexity index is 568. The van der Waals surface area contributed by atoms with Crippen LogP contribution in [0.1, 0.15) is 19.4 Å². The van der Waals surface area contributed by atoms with E-state index in [9.17, 15) is 0 Å². The van der Waals surface area contributed by atoms with Crippen molar-refractivity contribution in [2.45, 2.75) is 30.4 Å². The summed E-state index contributed by atoms with van der Waals surface area (Å²) in [7, 11) is 1.94. The van der Waals surface area contributed by atoms with Gasteiger partial charge in [-0.3, -0.25) is 0 Å². The summed E-state index contributed by atoms with van der Waals surface area (Å²) in [6, 6.07) is 6.43. The SMILES string of the molecule is CC(C)CNCc1ccc(Sc2nncn2C)c(Br)c1. The predicted molar refractivity (Wildman–Crippen MR) is 85.8 cm³/mol. The highest BCUT2D eigenvalue weighted by Crippen LogP contribution is 2.32. The molecule has 1 aromatic carbocycles. The summed E-state index contributed by atoms with van der Waals surface area (Å²) in [5.74, 6) is 0.671. The van der Waals surface area contributed by atoms with Crippen LogP contribution in [0.3, 0.4) is 0 Å². The van der Waals surface area contributed by atoms with Gasteiger partial charge in [0.2, 0.25) is 0 Å². The van der Waals surface area contributed by atoms with Gasteiger partial charge in [-0.05, 0) is 57.9 Å². The zero-order chi connectivity index (χ0) is 14.5. The molecule has 0 fully saturated rings. The first kappa shape index (κ1) is 15.5. The third-order valence-electron chi connectivity index (χ3n) is 2.75. The van der Waals surface area contributed by atoms with E-state index in [0.29, 0.717) is 5.92 Å². The molecule has 2 aromatic rings. The molecule has 0 atom stereocenters. The molecular weight excluding hydrogens is 336 g/mol. The van der Waals surface area contributed by atoms with Crippen LogP contribution in [0.25, 0.3) is 0 Å². The Labute approximate surface area is 132 Å². The number of benzene rings is 1. The van der Waals surface area contributed by atoms with E-state index in [-0.39, 0.29) is 0 Å². The second-order valence-corrected chi connectivity index (χ2v) is 6.98. The molecule has 108 valence electrons. The molecule has 0 aliphatic rings. The number of hydrogen-bond acceptors (Lipinski definition) is 4. The molecular formula is C14H19BrN4S. The Morgan fingerprint density at radius 1 is 1.40 bits per heavy atom. The fourth-order valence-corrected chi connectivity index (χ4v) is 3.14. The second-order valence-electron chi connectivity index (χ2n) is 5.12. The first-order chi connectivity index (χ1) is 9.56. The molecule has 1 N–H and O–H groups in total. The van der Waals surface area contributed by atoms with Crippen LogP contribution in [-0.4, -0.2) is 21.3 Å². The Morgan fingerprint density at radius 2 is 2.20 bits per heavy atom. The van der Waals surface area contributed by atoms with Crippen LogP contribution in [0, 0.1) is 5.92 Å². The van der Waals surface area contributed by atoms with Crippen molar-refractivity contribution in [2.75, 3.05) is 6.54 Å². The fourth-order valence-electron chi connectivity index (χ4n) is 1.71. The third kappa shape index (κ3) is 4.33. The average Bonchev–Trinajstić information content (AvgIpc) is 2.78. The van der Waals surface area contributed by atoms with Crippen LogP contribution in [0.5, 0.6) is 0 Å². The molecule has 0 unspecified atom stereocenters. The van der Waals surface area contributed by atoms with E-state index in [2.05, 4.69) is 63.5 Å². The Morgan fingerprint density at radius 3 is 2.80 bits per heavy atom. The first-order valence-corrected chi connectivity index (χ1v) is 8.18. The highest BCUT2D eigenvalue weighted by Gasteiger charge is 2.08. The van der Waals surface area contributed by atoms with Gasteiger partial charge in [-0.15, -0.1) is 10.2 Å². The molecule has 0 spiro atoms. The Balaban J connectivity index is 2.01. The summed E-state index contributed by atoms with van der Waals surface area (Å²) in [5.41, 5.74) is 1.28. The van der Waals surface area contributed by atoms with Crippen LogP contribution in [-0.2, 0) is 13.6 Å². The molecule has 0 aliphatic heterocycles. The number of rotatable bonds is 6. The molecule has 1 heterocycles. The normalized spacial score (nSPS) is 11.2. The van der Waals surface area contributed by atoms with Crippen molar-refractivity contribution in [3.8, 4) is 0 Å². The summed E-state index contributed by atoms with van der Waals surface area (Å²) in [5, 5.41) is 12.3. The number of aryl methyl sites for hydroxylation is 1. The molecule has 1 aromatic heterocycles. The smallest absolute Gasteiger partial charge is 0.195 e. The molecule has 2 rings (SSSR count). The van der Waals surface area contributed by atoms with Crippen molar-refractivity contribution in [3.05, 3.63) is 34.6 Å². The molecule has 0 radical (unpaired) electrons. The first-order valence-electron chi connectivity index (χ1n) is 6.57. The second kappa shape index (κ2) is 7.24. The van der Waals surface area contributed by atoms with E-state index in [1.807, 2.05) is 11.6 Å². The van der Waals surface area contributed by atoms with Crippen molar-refractivity contribution in [3.63, 3.8) is 0 Å². The lowest BCUT2D eigenvalue weighted by Crippen LogP contribution is -2.18. The van der Waals surface area contributed by atoms with E-state index >= 15 is 0 Å². The van der Waals surface area contributed by atoms with Crippen LogP contribution in [0.15, 0.2) is 39.1 Å². The van der Waals surface area contributed by atoms with Gasteiger partial charge in [-0.25, -0.2) is 0 Å². The Kier molecular flexibility index (Phi) is 5.63. The molecule has 4 nitrogen and oxygen atoms in total. The Hall–Kier alpha value is -0.850. The van der Waals surface area contributed by atoms with Gasteiger partial charge in [0.15, 0.2) is 5.16 Å². The van der Waals surface area contributed by atoms with Crippen molar-refractivity contribution >= 4 is 27.7 Å². The maximum Gasteiger partial charge on any atom is 0.195 e. The van der Waals surface area contributed by atoms with Gasteiger partial charge in [0.25, 0.3) is 0 Å². The maximum absolute atomic E-state index is 4.09. The van der Waals surface area contributed by atoms with E-state index < -0.39 is 0 Å². The van der Waals surface area contributed by atoms with E-state index in [4.69, 9.17) is 0 Å². The highest BCUT2D eigenvalue weighted by molar-refractivity contribution is 9.10. The van der Waals surface area contributed by atoms with Gasteiger partial charge in [0, 0.05) is 23.0 Å². The molecule has 0 amide bonds. The average molecular weight is 355 g/mol. The molecule has 0 bridgehead atoms. The number of nitrogens with zero attached hydrogens (tertiary/aromatic N) is 3. The third-order valence-corrected chi connectivity index (χ3v) is 4.80. The molecule has 6 heteroatoms. The standard InChI is InChI=1S/C14H19BrN4S/c1-10(2)7-16-8-11-4-5-13(12(15)6-11)20-14-18-17-9-19(14)3/h4-6,9-10,16H,7-8H2,1-3H3. The molecule has 0 saturated heterocycles. The van der Waals surface area contributed by atoms with Gasteiger partial charge in [0.05, 0.1) is 0 Å². The van der Waals surface area contributed by atoms with E-state index in [1.54, 1.807) is 18.1 Å². The zero-order valence-corrected chi connectivity index (χ0v) is 14.3. The molecule has 0 aliphatic carbocycles. The fraction of sp³-hybridized carbons (Fsp3) is 0.429. The molecule has 20 heavy (non-hydrogen) atoms. The van der Waals surface area contributed by atoms with Crippen LogP contribution >= 0.6 is 27.7 Å². The number of halogens is 1. The lowest BCUT2D eigenvalue weighted by atomic mass is 10.2. The maximum atomic E-state index is 4.09. The van der Waals surface area contributed by atoms with Crippen molar-refractivity contribution < 1.29 is 0 Å². The summed E-state index contributed by atoms with van der Waals surface area (Å²) >= 11 is 5.24. The zero-order valence-electron chi connectivity index (χ0n) is 11.9. The summed E-state index contributed by atoms with van der Waals surface area (Å²) in [6.45, 7) is 6.35. The number of nitrogens with one attached hydrogen (secondary N) is 1. The van der Waals surface area contributed by atoms with Gasteiger partial charge < -0.3 is 9.88 Å². The quantitative estimate of drug-likeness (QED) is 0.862. The van der Waals surface area contributed by atoms with Crippen molar-refractivity contribution in [1.29, 1.82) is 0 Å². The minimum atomic E-state index is 0.671. The number of hydrogen-bond donors (Lipinski definition) is 1. The summed E-state index contributed by atoms with van der Waals surface area (Å²) in [4.78, 5) is 1.15. The van der Waals surface area contributed by atoms with Gasteiger partial charge in [-0.2, -0.15) is 0 Å². The monoisotopic (exact) mass is 354 g/mol. The lowest BCUT2D eigenvalue weighted by molar-refractivity contribution is 0.552. The van der Waals surface area contributed by atoms with Crippen molar-refractivity contribution in [2.24, 2.45) is 13.0 Å². The van der Waals surface area contributed by atoms with Gasteiger partial charge in [-0.1, -0.05) is 19.9 Å². The van der Waals surface area contributed by atoms with Crippen LogP contribution in [0.2, 0.25) is 0 Å². The van der Waals surface area contributed by atoms with Crippen LogP contribution < -0.4 is 5.32 Å². The minimum absolute atomic E-state index is 0.671. The largest absolute Gasteiger partial charge is 0.312 e. The van der Waals surface area contributed by atoms with Crippen molar-refractivity contribution in [1.82, 2.24) is 20.1 Å². The highest BCUT2D eigenvalue weighted by atomic mass is 79.9.